The van der Waals surface area contributed by atoms with Gasteiger partial charge in [0, 0.05) is 14.0 Å². The number of carbonyl (C=O) groups is 2. The van der Waals surface area contributed by atoms with E-state index in [1.54, 1.807) is 13.8 Å². The molecule has 3 rings (SSSR count). The van der Waals surface area contributed by atoms with Crippen molar-refractivity contribution >= 4 is 11.8 Å². The van der Waals surface area contributed by atoms with Crippen molar-refractivity contribution in [3.05, 3.63) is 35.9 Å². The van der Waals surface area contributed by atoms with Crippen molar-refractivity contribution in [1.82, 2.24) is 0 Å². The van der Waals surface area contributed by atoms with Crippen LogP contribution >= 0.6 is 0 Å². The highest BCUT2D eigenvalue weighted by Crippen LogP contribution is 2.44. The number of ketones is 1. The Morgan fingerprint density at radius 3 is 2.50 bits per heavy atom. The second-order valence-electron chi connectivity index (χ2n) is 7.84. The minimum atomic E-state index is -1.48. The minimum Gasteiger partial charge on any atom is -0.452 e. The molecule has 30 heavy (non-hydrogen) atoms. The van der Waals surface area contributed by atoms with Gasteiger partial charge in [-0.15, -0.1) is 0 Å². The van der Waals surface area contributed by atoms with E-state index >= 15 is 0 Å². The van der Waals surface area contributed by atoms with Gasteiger partial charge in [-0.05, 0) is 19.4 Å². The van der Waals surface area contributed by atoms with Crippen LogP contribution in [0, 0.1) is 0 Å². The predicted octanol–water partition coefficient (Wildman–Crippen LogP) is 0.958. The molecule has 1 saturated heterocycles. The molecule has 2 aliphatic rings. The van der Waals surface area contributed by atoms with Gasteiger partial charge in [-0.1, -0.05) is 30.3 Å². The lowest BCUT2D eigenvalue weighted by Gasteiger charge is -2.48. The molecule has 9 nitrogen and oxygen atoms in total. The first-order valence-electron chi connectivity index (χ1n) is 9.69. The standard InChI is InChI=1S/C21H28O9/c1-13(22)29-17-15(23)18(26-10-14-8-6-5-7-9-14)21(11-28-20(2,3)30-21)19(16(17)24)27-12-25-4/h5-9,15,17-19,23H,10-12H2,1-4H3/t15-,17+,18-,19+,21+/m0/s1. The van der Waals surface area contributed by atoms with Gasteiger partial charge in [0.2, 0.25) is 5.78 Å². The Hall–Kier alpha value is -1.88. The number of rotatable bonds is 7. The number of hydrogen-bond acceptors (Lipinski definition) is 9. The summed E-state index contributed by atoms with van der Waals surface area (Å²) in [6, 6.07) is 9.33. The number of methoxy groups -OCH3 is 1. The fraction of sp³-hybridized carbons (Fsp3) is 0.619. The number of benzene rings is 1. The van der Waals surface area contributed by atoms with E-state index in [1.165, 1.54) is 7.11 Å². The summed E-state index contributed by atoms with van der Waals surface area (Å²) in [6.45, 7) is 4.40. The SMILES string of the molecule is COCO[C@@H]1C(=O)[C@H](OC(C)=O)[C@H](O)[C@H](OCc2ccccc2)[C@]12COC(C)(C)O2. The summed E-state index contributed by atoms with van der Waals surface area (Å²) in [6.07, 6.45) is -5.27. The summed E-state index contributed by atoms with van der Waals surface area (Å²) in [4.78, 5) is 24.7. The fourth-order valence-corrected chi connectivity index (χ4v) is 3.89. The van der Waals surface area contributed by atoms with E-state index in [0.29, 0.717) is 0 Å². The normalized spacial score (nSPS) is 33.0. The molecule has 1 saturated carbocycles. The van der Waals surface area contributed by atoms with E-state index in [4.69, 9.17) is 28.4 Å². The zero-order valence-electron chi connectivity index (χ0n) is 17.5. The van der Waals surface area contributed by atoms with E-state index in [1.807, 2.05) is 30.3 Å². The Bertz CT molecular complexity index is 750. The van der Waals surface area contributed by atoms with Gasteiger partial charge in [-0.25, -0.2) is 0 Å². The molecule has 9 heteroatoms. The fourth-order valence-electron chi connectivity index (χ4n) is 3.89. The number of hydrogen-bond donors (Lipinski definition) is 1. The third-order valence-electron chi connectivity index (χ3n) is 5.08. The summed E-state index contributed by atoms with van der Waals surface area (Å²) in [7, 11) is 1.41. The highest BCUT2D eigenvalue weighted by molar-refractivity contribution is 5.92. The van der Waals surface area contributed by atoms with Crippen LogP contribution in [0.4, 0.5) is 0 Å². The highest BCUT2D eigenvalue weighted by atomic mass is 16.8. The molecule has 166 valence electrons. The van der Waals surface area contributed by atoms with E-state index in [0.717, 1.165) is 12.5 Å². The zero-order chi connectivity index (χ0) is 21.9. The van der Waals surface area contributed by atoms with E-state index < -0.39 is 47.6 Å². The first kappa shape index (κ1) is 22.8. The quantitative estimate of drug-likeness (QED) is 0.505. The average Bonchev–Trinajstić information content (AvgIpc) is 3.02. The van der Waals surface area contributed by atoms with Gasteiger partial charge in [0.25, 0.3) is 0 Å². The largest absolute Gasteiger partial charge is 0.452 e. The lowest BCUT2D eigenvalue weighted by Crippen LogP contribution is -2.72. The molecule has 0 amide bonds. The van der Waals surface area contributed by atoms with Crippen LogP contribution < -0.4 is 0 Å². The monoisotopic (exact) mass is 424 g/mol. The van der Waals surface area contributed by atoms with E-state index in [-0.39, 0.29) is 20.0 Å². The molecule has 5 atom stereocenters. The van der Waals surface area contributed by atoms with Crippen molar-refractivity contribution in [3.8, 4) is 0 Å². The summed E-state index contributed by atoms with van der Waals surface area (Å²) < 4.78 is 33.7. The summed E-state index contributed by atoms with van der Waals surface area (Å²) >= 11 is 0. The second-order valence-corrected chi connectivity index (χ2v) is 7.84. The number of aliphatic hydroxyl groups is 1. The van der Waals surface area contributed by atoms with Crippen molar-refractivity contribution in [3.63, 3.8) is 0 Å². The molecule has 1 aromatic rings. The Labute approximate surface area is 175 Å². The average molecular weight is 424 g/mol. The molecule has 2 fully saturated rings. The molecule has 1 spiro atoms. The van der Waals surface area contributed by atoms with Gasteiger partial charge in [-0.2, -0.15) is 0 Å². The lowest BCUT2D eigenvalue weighted by molar-refractivity contribution is -0.275. The maximum absolute atomic E-state index is 13.2. The van der Waals surface area contributed by atoms with Crippen molar-refractivity contribution in [2.24, 2.45) is 0 Å². The van der Waals surface area contributed by atoms with E-state index in [2.05, 4.69) is 0 Å². The maximum atomic E-state index is 13.2. The maximum Gasteiger partial charge on any atom is 0.303 e. The zero-order valence-corrected chi connectivity index (χ0v) is 17.5. The Morgan fingerprint density at radius 1 is 1.23 bits per heavy atom. The Morgan fingerprint density at radius 2 is 1.93 bits per heavy atom. The van der Waals surface area contributed by atoms with Gasteiger partial charge in [-0.3, -0.25) is 9.59 Å². The van der Waals surface area contributed by atoms with Crippen molar-refractivity contribution in [1.29, 1.82) is 0 Å². The molecular weight excluding hydrogens is 396 g/mol. The van der Waals surface area contributed by atoms with Gasteiger partial charge in [0.15, 0.2) is 23.6 Å². The molecule has 1 aliphatic carbocycles. The highest BCUT2D eigenvalue weighted by Gasteiger charge is 2.67. The van der Waals surface area contributed by atoms with Crippen molar-refractivity contribution < 1.29 is 43.1 Å². The number of esters is 1. The van der Waals surface area contributed by atoms with Crippen LogP contribution in [-0.4, -0.2) is 73.2 Å². The van der Waals surface area contributed by atoms with Crippen LogP contribution in [0.5, 0.6) is 0 Å². The number of carbonyl (C=O) groups excluding carboxylic acids is 2. The molecule has 1 heterocycles. The van der Waals surface area contributed by atoms with Gasteiger partial charge in [0.05, 0.1) is 13.2 Å². The molecular formula is C21H28O9. The first-order valence-corrected chi connectivity index (χ1v) is 9.69. The van der Waals surface area contributed by atoms with Crippen LogP contribution in [0.3, 0.4) is 0 Å². The first-order chi connectivity index (χ1) is 14.2. The third kappa shape index (κ3) is 4.56. The van der Waals surface area contributed by atoms with Crippen LogP contribution in [0.1, 0.15) is 26.3 Å². The molecule has 0 unspecified atom stereocenters. The number of ether oxygens (including phenoxy) is 6. The summed E-state index contributed by atoms with van der Waals surface area (Å²) in [5, 5.41) is 11.0. The molecule has 1 N–H and O–H groups in total. The van der Waals surface area contributed by atoms with Gasteiger partial charge >= 0.3 is 5.97 Å². The second kappa shape index (κ2) is 9.09. The molecule has 0 aromatic heterocycles. The third-order valence-corrected chi connectivity index (χ3v) is 5.08. The smallest absolute Gasteiger partial charge is 0.303 e. The Balaban J connectivity index is 1.97. The van der Waals surface area contributed by atoms with Crippen molar-refractivity contribution in [2.45, 2.75) is 63.2 Å². The Kier molecular flexibility index (Phi) is 6.91. The van der Waals surface area contributed by atoms with Crippen LogP contribution in [0.2, 0.25) is 0 Å². The minimum absolute atomic E-state index is 0.0660. The lowest BCUT2D eigenvalue weighted by atomic mass is 9.75. The van der Waals surface area contributed by atoms with Crippen LogP contribution in [0.25, 0.3) is 0 Å². The summed E-state index contributed by atoms with van der Waals surface area (Å²) in [5.41, 5.74) is -0.599. The number of aliphatic hydroxyl groups excluding tert-OH is 1. The van der Waals surface area contributed by atoms with Crippen LogP contribution in [0.15, 0.2) is 30.3 Å². The topological polar surface area (TPSA) is 110 Å². The summed E-state index contributed by atoms with van der Waals surface area (Å²) in [5.74, 6) is -2.40. The number of Topliss-reactive ketones (excluding diaryl/α,β-unsaturated/α-hetero) is 1. The predicted molar refractivity (Wildman–Crippen MR) is 102 cm³/mol. The van der Waals surface area contributed by atoms with Gasteiger partial charge in [0.1, 0.15) is 19.0 Å². The molecule has 1 aromatic carbocycles. The molecule has 0 radical (unpaired) electrons. The van der Waals surface area contributed by atoms with Crippen molar-refractivity contribution in [2.75, 3.05) is 20.5 Å². The molecule has 1 aliphatic heterocycles. The molecule has 0 bridgehead atoms. The van der Waals surface area contributed by atoms with Gasteiger partial charge < -0.3 is 33.5 Å². The van der Waals surface area contributed by atoms with E-state index in [9.17, 15) is 14.7 Å². The van der Waals surface area contributed by atoms with Crippen LogP contribution in [-0.2, 0) is 44.6 Å².